The summed E-state index contributed by atoms with van der Waals surface area (Å²) < 4.78 is 33.7. The van der Waals surface area contributed by atoms with E-state index in [0.29, 0.717) is 23.9 Å². The molecule has 6 nitrogen and oxygen atoms in total. The molecule has 0 aromatic heterocycles. The number of likely N-dealkylation sites (tertiary alicyclic amines) is 1. The summed E-state index contributed by atoms with van der Waals surface area (Å²) >= 11 is 11.8. The highest BCUT2D eigenvalue weighted by molar-refractivity contribution is 7.89. The summed E-state index contributed by atoms with van der Waals surface area (Å²) in [6.07, 6.45) is 1.67. The van der Waals surface area contributed by atoms with Crippen LogP contribution in [0.4, 0.5) is 0 Å². The Balaban J connectivity index is 1.62. The number of hydrogen-bond donors (Lipinski definition) is 2. The number of sulfonamides is 1. The SMILES string of the molecule is O=S(=O)(N[C@@H]1CCCN(Cc2cccc(OCCO)c2)C1)c1ccc(Cl)c(Cl)c1. The lowest BCUT2D eigenvalue weighted by molar-refractivity contribution is 0.192. The van der Waals surface area contributed by atoms with Gasteiger partial charge in [-0.05, 0) is 55.3 Å². The first-order chi connectivity index (χ1) is 13.9. The summed E-state index contributed by atoms with van der Waals surface area (Å²) in [5, 5.41) is 9.42. The Labute approximate surface area is 181 Å². The van der Waals surface area contributed by atoms with Crippen LogP contribution in [0.2, 0.25) is 10.0 Å². The van der Waals surface area contributed by atoms with Gasteiger partial charge < -0.3 is 9.84 Å². The maximum absolute atomic E-state index is 12.7. The molecule has 1 aliphatic rings. The molecule has 0 spiro atoms. The average Bonchev–Trinajstić information content (AvgIpc) is 2.68. The van der Waals surface area contributed by atoms with E-state index in [1.807, 2.05) is 24.3 Å². The number of ether oxygens (including phenoxy) is 1. The van der Waals surface area contributed by atoms with Crippen molar-refractivity contribution in [1.82, 2.24) is 9.62 Å². The predicted octanol–water partition coefficient (Wildman–Crippen LogP) is 3.31. The topological polar surface area (TPSA) is 78.9 Å². The molecule has 0 saturated carbocycles. The zero-order valence-corrected chi connectivity index (χ0v) is 18.2. The highest BCUT2D eigenvalue weighted by atomic mass is 35.5. The van der Waals surface area contributed by atoms with Gasteiger partial charge >= 0.3 is 0 Å². The van der Waals surface area contributed by atoms with Crippen molar-refractivity contribution in [3.05, 3.63) is 58.1 Å². The highest BCUT2D eigenvalue weighted by Crippen LogP contribution is 2.25. The molecule has 0 radical (unpaired) electrons. The van der Waals surface area contributed by atoms with E-state index in [4.69, 9.17) is 33.0 Å². The van der Waals surface area contributed by atoms with Crippen molar-refractivity contribution in [1.29, 1.82) is 0 Å². The molecule has 2 aromatic carbocycles. The monoisotopic (exact) mass is 458 g/mol. The lowest BCUT2D eigenvalue weighted by Crippen LogP contribution is -2.47. The van der Waals surface area contributed by atoms with E-state index < -0.39 is 10.0 Å². The van der Waals surface area contributed by atoms with Gasteiger partial charge in [-0.2, -0.15) is 0 Å². The van der Waals surface area contributed by atoms with Crippen LogP contribution < -0.4 is 9.46 Å². The Kier molecular flexibility index (Phi) is 7.79. The molecule has 1 heterocycles. The number of hydrogen-bond acceptors (Lipinski definition) is 5. The van der Waals surface area contributed by atoms with Crippen LogP contribution in [0.25, 0.3) is 0 Å². The Bertz CT molecular complexity index is 940. The van der Waals surface area contributed by atoms with Crippen LogP contribution in [-0.4, -0.2) is 50.8 Å². The number of benzene rings is 2. The second-order valence-corrected chi connectivity index (χ2v) is 9.52. The molecule has 1 saturated heterocycles. The van der Waals surface area contributed by atoms with Gasteiger partial charge in [0.1, 0.15) is 12.4 Å². The van der Waals surface area contributed by atoms with Gasteiger partial charge in [-0.3, -0.25) is 4.90 Å². The van der Waals surface area contributed by atoms with Crippen molar-refractivity contribution < 1.29 is 18.3 Å². The molecular formula is C20H24Cl2N2O4S. The van der Waals surface area contributed by atoms with Crippen molar-refractivity contribution in [3.8, 4) is 5.75 Å². The van der Waals surface area contributed by atoms with Gasteiger partial charge in [0.2, 0.25) is 10.0 Å². The molecule has 3 rings (SSSR count). The van der Waals surface area contributed by atoms with E-state index >= 15 is 0 Å². The van der Waals surface area contributed by atoms with E-state index in [1.54, 1.807) is 0 Å². The van der Waals surface area contributed by atoms with E-state index in [9.17, 15) is 8.42 Å². The minimum absolute atomic E-state index is 0.0307. The minimum atomic E-state index is -3.68. The summed E-state index contributed by atoms with van der Waals surface area (Å²) in [6, 6.07) is 11.8. The molecule has 0 bridgehead atoms. The fourth-order valence-corrected chi connectivity index (χ4v) is 5.03. The number of piperidine rings is 1. The Morgan fingerprint density at radius 2 is 2.00 bits per heavy atom. The first-order valence-corrected chi connectivity index (χ1v) is 11.6. The molecule has 0 aliphatic carbocycles. The second kappa shape index (κ2) is 10.1. The van der Waals surface area contributed by atoms with Crippen molar-refractivity contribution in [2.45, 2.75) is 30.3 Å². The molecule has 1 fully saturated rings. The van der Waals surface area contributed by atoms with Crippen LogP contribution >= 0.6 is 23.2 Å². The quantitative estimate of drug-likeness (QED) is 0.634. The summed E-state index contributed by atoms with van der Waals surface area (Å²) in [6.45, 7) is 2.43. The number of rotatable bonds is 8. The summed E-state index contributed by atoms with van der Waals surface area (Å²) in [4.78, 5) is 2.33. The van der Waals surface area contributed by atoms with Crippen LogP contribution in [0.3, 0.4) is 0 Å². The van der Waals surface area contributed by atoms with E-state index in [0.717, 1.165) is 24.9 Å². The van der Waals surface area contributed by atoms with Gasteiger partial charge in [0, 0.05) is 19.1 Å². The van der Waals surface area contributed by atoms with Crippen molar-refractivity contribution in [2.75, 3.05) is 26.3 Å². The summed E-state index contributed by atoms with van der Waals surface area (Å²) in [7, 11) is -3.68. The maximum atomic E-state index is 12.7. The molecule has 1 atom stereocenters. The largest absolute Gasteiger partial charge is 0.491 e. The fraction of sp³-hybridized carbons (Fsp3) is 0.400. The van der Waals surface area contributed by atoms with Crippen LogP contribution in [0, 0.1) is 0 Å². The minimum Gasteiger partial charge on any atom is -0.491 e. The van der Waals surface area contributed by atoms with Crippen molar-refractivity contribution >= 4 is 33.2 Å². The third-order valence-electron chi connectivity index (χ3n) is 4.69. The second-order valence-electron chi connectivity index (χ2n) is 6.99. The first kappa shape index (κ1) is 22.3. The van der Waals surface area contributed by atoms with E-state index in [-0.39, 0.29) is 29.2 Å². The third kappa shape index (κ3) is 6.31. The first-order valence-electron chi connectivity index (χ1n) is 9.40. The standard InChI is InChI=1S/C20H24Cl2N2O4S/c21-19-7-6-18(12-20(19)22)29(26,27)23-16-4-2-8-24(14-16)13-15-3-1-5-17(11-15)28-10-9-25/h1,3,5-7,11-12,16,23,25H,2,4,8-10,13-14H2/t16-/m1/s1. The Hall–Kier alpha value is -1.35. The zero-order valence-electron chi connectivity index (χ0n) is 15.9. The Morgan fingerprint density at radius 1 is 1.17 bits per heavy atom. The molecule has 2 N–H and O–H groups in total. The van der Waals surface area contributed by atoms with Gasteiger partial charge in [-0.15, -0.1) is 0 Å². The number of aliphatic hydroxyl groups is 1. The van der Waals surface area contributed by atoms with E-state index in [1.165, 1.54) is 18.2 Å². The van der Waals surface area contributed by atoms with Crippen molar-refractivity contribution in [2.24, 2.45) is 0 Å². The number of nitrogens with zero attached hydrogens (tertiary/aromatic N) is 1. The van der Waals surface area contributed by atoms with Gasteiger partial charge in [0.15, 0.2) is 0 Å². The lowest BCUT2D eigenvalue weighted by Gasteiger charge is -2.33. The predicted molar refractivity (Wildman–Crippen MR) is 114 cm³/mol. The van der Waals surface area contributed by atoms with Gasteiger partial charge in [-0.1, -0.05) is 35.3 Å². The Morgan fingerprint density at radius 3 is 2.76 bits per heavy atom. The molecular weight excluding hydrogens is 435 g/mol. The average molecular weight is 459 g/mol. The smallest absolute Gasteiger partial charge is 0.240 e. The van der Waals surface area contributed by atoms with Crippen LogP contribution in [0.5, 0.6) is 5.75 Å². The summed E-state index contributed by atoms with van der Waals surface area (Å²) in [5.41, 5.74) is 1.08. The normalized spacial score (nSPS) is 18.0. The number of halogens is 2. The van der Waals surface area contributed by atoms with Crippen molar-refractivity contribution in [3.63, 3.8) is 0 Å². The molecule has 0 unspecified atom stereocenters. The molecule has 158 valence electrons. The maximum Gasteiger partial charge on any atom is 0.240 e. The lowest BCUT2D eigenvalue weighted by atomic mass is 10.1. The summed E-state index contributed by atoms with van der Waals surface area (Å²) in [5.74, 6) is 0.713. The molecule has 2 aromatic rings. The third-order valence-corrected chi connectivity index (χ3v) is 6.95. The molecule has 9 heteroatoms. The number of aliphatic hydroxyl groups excluding tert-OH is 1. The zero-order chi connectivity index (χ0) is 20.9. The van der Waals surface area contributed by atoms with Crippen LogP contribution in [0.1, 0.15) is 18.4 Å². The van der Waals surface area contributed by atoms with Crippen LogP contribution in [0.15, 0.2) is 47.4 Å². The molecule has 1 aliphatic heterocycles. The molecule has 0 amide bonds. The van der Waals surface area contributed by atoms with Crippen LogP contribution in [-0.2, 0) is 16.6 Å². The van der Waals surface area contributed by atoms with Gasteiger partial charge in [0.05, 0.1) is 21.5 Å². The van der Waals surface area contributed by atoms with E-state index in [2.05, 4.69) is 9.62 Å². The van der Waals surface area contributed by atoms with Gasteiger partial charge in [-0.25, -0.2) is 13.1 Å². The fourth-order valence-electron chi connectivity index (χ4n) is 3.38. The molecule has 29 heavy (non-hydrogen) atoms. The number of nitrogens with one attached hydrogen (secondary N) is 1. The van der Waals surface area contributed by atoms with Gasteiger partial charge in [0.25, 0.3) is 0 Å². The highest BCUT2D eigenvalue weighted by Gasteiger charge is 2.25.